The Labute approximate surface area is 117 Å². The quantitative estimate of drug-likeness (QED) is 0.905. The van der Waals surface area contributed by atoms with E-state index >= 15 is 0 Å². The molecule has 0 spiro atoms. The zero-order chi connectivity index (χ0) is 13.8. The van der Waals surface area contributed by atoms with Crippen LogP contribution in [0.4, 0.5) is 5.69 Å². The molecule has 0 fully saturated rings. The summed E-state index contributed by atoms with van der Waals surface area (Å²) in [6.45, 7) is 0. The lowest BCUT2D eigenvalue weighted by molar-refractivity contribution is -0.117. The summed E-state index contributed by atoms with van der Waals surface area (Å²) >= 11 is 3.14. The van der Waals surface area contributed by atoms with E-state index < -0.39 is 0 Å². The molecule has 0 atom stereocenters. The smallest absolute Gasteiger partial charge is 0.260 e. The first-order valence-corrected chi connectivity index (χ1v) is 6.27. The van der Waals surface area contributed by atoms with Crippen molar-refractivity contribution >= 4 is 33.4 Å². The number of hydrogen-bond donors (Lipinski definition) is 2. The number of nitrogens with one attached hydrogen (secondary N) is 1. The summed E-state index contributed by atoms with van der Waals surface area (Å²) in [5.74, 6) is -0.664. The highest BCUT2D eigenvalue weighted by Gasteiger charge is 2.12. The van der Waals surface area contributed by atoms with Crippen molar-refractivity contribution in [3.63, 3.8) is 0 Å². The number of amides is 2. The van der Waals surface area contributed by atoms with Crippen LogP contribution in [-0.2, 0) is 11.2 Å². The zero-order valence-corrected chi connectivity index (χ0v) is 11.4. The summed E-state index contributed by atoms with van der Waals surface area (Å²) in [6, 6.07) is 8.48. The van der Waals surface area contributed by atoms with Gasteiger partial charge >= 0.3 is 0 Å². The number of nitrogens with two attached hydrogens (primary N) is 1. The van der Waals surface area contributed by atoms with E-state index in [0.29, 0.717) is 15.9 Å². The van der Waals surface area contributed by atoms with Crippen molar-refractivity contribution in [2.45, 2.75) is 6.42 Å². The zero-order valence-electron chi connectivity index (χ0n) is 9.85. The minimum Gasteiger partial charge on any atom is -0.457 e. The number of furan rings is 1. The Morgan fingerprint density at radius 2 is 1.89 bits per heavy atom. The third kappa shape index (κ3) is 3.45. The van der Waals surface area contributed by atoms with E-state index in [4.69, 9.17) is 10.2 Å². The van der Waals surface area contributed by atoms with Crippen LogP contribution in [0, 0.1) is 0 Å². The number of carbonyl (C=O) groups is 2. The van der Waals surface area contributed by atoms with E-state index in [1.807, 2.05) is 0 Å². The first kappa shape index (κ1) is 13.4. The Morgan fingerprint density at radius 3 is 2.42 bits per heavy atom. The third-order valence-electron chi connectivity index (χ3n) is 2.45. The molecule has 5 nitrogen and oxygen atoms in total. The predicted molar refractivity (Wildman–Crippen MR) is 73.7 cm³/mol. The van der Waals surface area contributed by atoms with Crippen LogP contribution >= 0.6 is 15.9 Å². The average molecular weight is 323 g/mol. The van der Waals surface area contributed by atoms with Gasteiger partial charge in [-0.2, -0.15) is 0 Å². The van der Waals surface area contributed by atoms with Crippen LogP contribution < -0.4 is 11.1 Å². The van der Waals surface area contributed by atoms with E-state index in [2.05, 4.69) is 21.2 Å². The first-order valence-electron chi connectivity index (χ1n) is 5.48. The maximum Gasteiger partial charge on any atom is 0.260 e. The second-order valence-electron chi connectivity index (χ2n) is 3.90. The number of anilines is 1. The third-order valence-corrected chi connectivity index (χ3v) is 3.07. The second-order valence-corrected chi connectivity index (χ2v) is 4.62. The van der Waals surface area contributed by atoms with Gasteiger partial charge in [0.15, 0.2) is 4.67 Å². The summed E-state index contributed by atoms with van der Waals surface area (Å²) in [6.07, 6.45) is 1.61. The molecule has 1 heterocycles. The molecule has 98 valence electrons. The van der Waals surface area contributed by atoms with Gasteiger partial charge in [-0.3, -0.25) is 9.59 Å². The van der Waals surface area contributed by atoms with Crippen molar-refractivity contribution in [1.82, 2.24) is 0 Å². The van der Waals surface area contributed by atoms with Crippen LogP contribution in [0.1, 0.15) is 15.9 Å². The molecule has 0 unspecified atom stereocenters. The normalized spacial score (nSPS) is 10.2. The molecule has 1 aromatic heterocycles. The van der Waals surface area contributed by atoms with Crippen molar-refractivity contribution in [2.75, 3.05) is 5.32 Å². The van der Waals surface area contributed by atoms with Gasteiger partial charge in [-0.25, -0.2) is 0 Å². The first-order chi connectivity index (χ1) is 9.06. The molecule has 0 bridgehead atoms. The fourth-order valence-corrected chi connectivity index (χ4v) is 1.98. The van der Waals surface area contributed by atoms with Crippen LogP contribution in [0.3, 0.4) is 0 Å². The van der Waals surface area contributed by atoms with Crippen LogP contribution in [0.25, 0.3) is 0 Å². The lowest BCUT2D eigenvalue weighted by Gasteiger charge is -2.05. The molecule has 1 aromatic carbocycles. The van der Waals surface area contributed by atoms with Crippen molar-refractivity contribution in [3.05, 3.63) is 52.4 Å². The molecule has 6 heteroatoms. The minimum atomic E-state index is -0.390. The average Bonchev–Trinajstić information content (AvgIpc) is 2.77. The Balaban J connectivity index is 2.06. The van der Waals surface area contributed by atoms with Crippen LogP contribution in [-0.4, -0.2) is 11.8 Å². The highest BCUT2D eigenvalue weighted by molar-refractivity contribution is 9.10. The summed E-state index contributed by atoms with van der Waals surface area (Å²) in [5, 5.41) is 2.72. The van der Waals surface area contributed by atoms with Gasteiger partial charge < -0.3 is 15.5 Å². The fraction of sp³-hybridized carbons (Fsp3) is 0.0769. The van der Waals surface area contributed by atoms with Gasteiger partial charge in [0, 0.05) is 5.69 Å². The largest absolute Gasteiger partial charge is 0.457 e. The standard InChI is InChI=1S/C13H11BrN2O3/c14-12-10(5-6-19-12)13(18)16-9-3-1-8(2-4-9)7-11(15)17/h1-6H,7H2,(H2,15,17)(H,16,18). The lowest BCUT2D eigenvalue weighted by atomic mass is 10.1. The Hall–Kier alpha value is -2.08. The molecule has 0 saturated carbocycles. The number of rotatable bonds is 4. The predicted octanol–water partition coefficient (Wildman–Crippen LogP) is 2.32. The summed E-state index contributed by atoms with van der Waals surface area (Å²) in [5.41, 5.74) is 6.95. The van der Waals surface area contributed by atoms with Gasteiger partial charge in [-0.1, -0.05) is 12.1 Å². The van der Waals surface area contributed by atoms with E-state index in [1.165, 1.54) is 6.26 Å². The molecular formula is C13H11BrN2O3. The fourth-order valence-electron chi connectivity index (χ4n) is 1.56. The molecule has 19 heavy (non-hydrogen) atoms. The van der Waals surface area contributed by atoms with Gasteiger partial charge in [0.1, 0.15) is 0 Å². The highest BCUT2D eigenvalue weighted by Crippen LogP contribution is 2.19. The molecular weight excluding hydrogens is 312 g/mol. The lowest BCUT2D eigenvalue weighted by Crippen LogP contribution is -2.14. The molecule has 0 aliphatic rings. The Bertz CT molecular complexity index is 605. The molecule has 0 aliphatic carbocycles. The van der Waals surface area contributed by atoms with Crippen LogP contribution in [0.5, 0.6) is 0 Å². The highest BCUT2D eigenvalue weighted by atomic mass is 79.9. The molecule has 0 saturated heterocycles. The van der Waals surface area contributed by atoms with Gasteiger partial charge in [-0.05, 0) is 39.7 Å². The van der Waals surface area contributed by atoms with Crippen molar-refractivity contribution in [2.24, 2.45) is 5.73 Å². The summed E-state index contributed by atoms with van der Waals surface area (Å²) in [4.78, 5) is 22.6. The number of hydrogen-bond acceptors (Lipinski definition) is 3. The van der Waals surface area contributed by atoms with Gasteiger partial charge in [0.25, 0.3) is 5.91 Å². The summed E-state index contributed by atoms with van der Waals surface area (Å²) < 4.78 is 5.38. The molecule has 3 N–H and O–H groups in total. The van der Waals surface area contributed by atoms with Crippen molar-refractivity contribution < 1.29 is 14.0 Å². The SMILES string of the molecule is NC(=O)Cc1ccc(NC(=O)c2ccoc2Br)cc1. The minimum absolute atomic E-state index is 0.182. The monoisotopic (exact) mass is 322 g/mol. The number of halogens is 1. The van der Waals surface area contributed by atoms with E-state index in [-0.39, 0.29) is 18.2 Å². The van der Waals surface area contributed by atoms with Gasteiger partial charge in [0.2, 0.25) is 5.91 Å². The van der Waals surface area contributed by atoms with Gasteiger partial charge in [0.05, 0.1) is 18.2 Å². The maximum absolute atomic E-state index is 11.9. The number of benzene rings is 1. The Morgan fingerprint density at radius 1 is 1.21 bits per heavy atom. The topological polar surface area (TPSA) is 85.3 Å². The van der Waals surface area contributed by atoms with Crippen molar-refractivity contribution in [3.8, 4) is 0 Å². The number of carbonyl (C=O) groups excluding carboxylic acids is 2. The van der Waals surface area contributed by atoms with E-state index in [1.54, 1.807) is 30.3 Å². The molecule has 2 amide bonds. The Kier molecular flexibility index (Phi) is 4.01. The van der Waals surface area contributed by atoms with Gasteiger partial charge in [-0.15, -0.1) is 0 Å². The number of primary amides is 1. The van der Waals surface area contributed by atoms with E-state index in [0.717, 1.165) is 5.56 Å². The second kappa shape index (κ2) is 5.71. The molecule has 0 radical (unpaired) electrons. The van der Waals surface area contributed by atoms with E-state index in [9.17, 15) is 9.59 Å². The van der Waals surface area contributed by atoms with Crippen molar-refractivity contribution in [1.29, 1.82) is 0 Å². The molecule has 2 aromatic rings. The maximum atomic E-state index is 11.9. The van der Waals surface area contributed by atoms with Crippen LogP contribution in [0.15, 0.2) is 45.7 Å². The van der Waals surface area contributed by atoms with Crippen LogP contribution in [0.2, 0.25) is 0 Å². The molecule has 0 aliphatic heterocycles. The summed E-state index contributed by atoms with van der Waals surface area (Å²) in [7, 11) is 0. The molecule has 2 rings (SSSR count).